The molecular formula is C25H25F2N5O3. The van der Waals surface area contributed by atoms with Crippen molar-refractivity contribution in [2.45, 2.75) is 13.8 Å². The van der Waals surface area contributed by atoms with Crippen LogP contribution in [-0.4, -0.2) is 40.2 Å². The third-order valence-corrected chi connectivity index (χ3v) is 5.43. The fraction of sp³-hybridized carbons (Fsp3) is 0.200. The van der Waals surface area contributed by atoms with Crippen molar-refractivity contribution in [3.05, 3.63) is 71.4 Å². The number of hydrogen-bond donors (Lipinski definition) is 4. The summed E-state index contributed by atoms with van der Waals surface area (Å²) in [5, 5.41) is 15.7. The average molecular weight is 482 g/mol. The van der Waals surface area contributed by atoms with E-state index in [0.717, 1.165) is 29.1 Å². The maximum absolute atomic E-state index is 14.8. The van der Waals surface area contributed by atoms with Crippen LogP contribution in [0.25, 0.3) is 16.9 Å². The number of anilines is 3. The molecule has 0 aliphatic carbocycles. The van der Waals surface area contributed by atoms with Crippen molar-refractivity contribution >= 4 is 28.7 Å². The second-order valence-electron chi connectivity index (χ2n) is 7.98. The van der Waals surface area contributed by atoms with Crippen LogP contribution >= 0.6 is 0 Å². The lowest BCUT2D eigenvalue weighted by Gasteiger charge is -2.18. The zero-order chi connectivity index (χ0) is 25.1. The van der Waals surface area contributed by atoms with Crippen LogP contribution in [0, 0.1) is 25.5 Å². The van der Waals surface area contributed by atoms with Gasteiger partial charge >= 0.3 is 0 Å². The first kappa shape index (κ1) is 24.0. The van der Waals surface area contributed by atoms with Crippen LogP contribution in [0.15, 0.2) is 48.7 Å². The number of nitrogens with zero attached hydrogens (tertiary/aromatic N) is 2. The van der Waals surface area contributed by atoms with E-state index in [1.165, 1.54) is 4.40 Å². The summed E-state index contributed by atoms with van der Waals surface area (Å²) < 4.78 is 36.1. The molecule has 1 amide bonds. The number of imidazole rings is 1. The highest BCUT2D eigenvalue weighted by molar-refractivity contribution is 5.91. The number of nitrogens with two attached hydrogens (primary N) is 1. The third kappa shape index (κ3) is 4.87. The molecular weight excluding hydrogens is 456 g/mol. The minimum Gasteiger partial charge on any atom is -0.483 e. The molecule has 0 saturated carbocycles. The Kier molecular flexibility index (Phi) is 6.83. The molecule has 0 fully saturated rings. The van der Waals surface area contributed by atoms with Gasteiger partial charge in [0.25, 0.3) is 5.91 Å². The zero-order valence-corrected chi connectivity index (χ0v) is 19.2. The minimum absolute atomic E-state index is 0.104. The van der Waals surface area contributed by atoms with Crippen LogP contribution in [0.1, 0.15) is 11.1 Å². The van der Waals surface area contributed by atoms with Crippen LogP contribution in [-0.2, 0) is 4.79 Å². The lowest BCUT2D eigenvalue weighted by Crippen LogP contribution is -2.20. The molecule has 182 valence electrons. The molecule has 0 saturated heterocycles. The van der Waals surface area contributed by atoms with Crippen LogP contribution < -0.4 is 21.1 Å². The molecule has 0 unspecified atom stereocenters. The van der Waals surface area contributed by atoms with E-state index < -0.39 is 24.1 Å². The van der Waals surface area contributed by atoms with Crippen molar-refractivity contribution in [2.75, 3.05) is 30.4 Å². The van der Waals surface area contributed by atoms with Crippen molar-refractivity contribution in [3.63, 3.8) is 0 Å². The van der Waals surface area contributed by atoms with Gasteiger partial charge < -0.3 is 26.2 Å². The predicted molar refractivity (Wildman–Crippen MR) is 130 cm³/mol. The molecule has 2 aromatic carbocycles. The van der Waals surface area contributed by atoms with Crippen LogP contribution in [0.4, 0.5) is 26.0 Å². The van der Waals surface area contributed by atoms with E-state index in [1.54, 1.807) is 18.2 Å². The highest BCUT2D eigenvalue weighted by atomic mass is 19.1. The monoisotopic (exact) mass is 481 g/mol. The fourth-order valence-electron chi connectivity index (χ4n) is 3.88. The number of fused-ring (bicyclic) bond motifs is 1. The summed E-state index contributed by atoms with van der Waals surface area (Å²) in [4.78, 5) is 15.9. The number of rotatable bonds is 9. The van der Waals surface area contributed by atoms with Gasteiger partial charge in [0, 0.05) is 30.2 Å². The van der Waals surface area contributed by atoms with E-state index in [9.17, 15) is 18.7 Å². The quantitative estimate of drug-likeness (QED) is 0.288. The van der Waals surface area contributed by atoms with E-state index >= 15 is 0 Å². The van der Waals surface area contributed by atoms with E-state index in [1.807, 2.05) is 32.0 Å². The largest absolute Gasteiger partial charge is 0.483 e. The number of nitrogens with one attached hydrogen (secondary N) is 2. The summed E-state index contributed by atoms with van der Waals surface area (Å²) in [6.45, 7) is 3.49. The first-order chi connectivity index (χ1) is 16.8. The number of aliphatic hydroxyl groups excluding tert-OH is 1. The number of carbonyl (C=O) groups is 1. The molecule has 5 N–H and O–H groups in total. The minimum atomic E-state index is -0.846. The summed E-state index contributed by atoms with van der Waals surface area (Å²) in [7, 11) is 0. The summed E-state index contributed by atoms with van der Waals surface area (Å²) in [5.74, 6) is -1.76. The Balaban J connectivity index is 2.01. The molecule has 35 heavy (non-hydrogen) atoms. The van der Waals surface area contributed by atoms with Crippen molar-refractivity contribution in [1.82, 2.24) is 9.38 Å². The fourth-order valence-corrected chi connectivity index (χ4v) is 3.88. The number of hydrogen-bond acceptors (Lipinski definition) is 6. The molecule has 0 atom stereocenters. The number of benzene rings is 2. The van der Waals surface area contributed by atoms with Gasteiger partial charge in [-0.2, -0.15) is 0 Å². The number of carbonyl (C=O) groups excluding carboxylic acids is 1. The first-order valence-corrected chi connectivity index (χ1v) is 10.9. The molecule has 0 radical (unpaired) electrons. The predicted octanol–water partition coefficient (Wildman–Crippen LogP) is 3.91. The van der Waals surface area contributed by atoms with Gasteiger partial charge in [-0.1, -0.05) is 24.3 Å². The zero-order valence-electron chi connectivity index (χ0n) is 19.2. The Bertz CT molecular complexity index is 1380. The van der Waals surface area contributed by atoms with Gasteiger partial charge in [0.2, 0.25) is 0 Å². The molecule has 4 aromatic rings. The molecule has 0 aliphatic heterocycles. The van der Waals surface area contributed by atoms with E-state index in [-0.39, 0.29) is 36.1 Å². The number of aryl methyl sites for hydroxylation is 2. The topological polar surface area (TPSA) is 114 Å². The summed E-state index contributed by atoms with van der Waals surface area (Å²) in [6.07, 6.45) is 1.14. The number of halogens is 2. The Morgan fingerprint density at radius 2 is 1.89 bits per heavy atom. The highest BCUT2D eigenvalue weighted by Crippen LogP contribution is 2.42. The lowest BCUT2D eigenvalue weighted by molar-refractivity contribution is -0.119. The van der Waals surface area contributed by atoms with E-state index in [0.29, 0.717) is 11.3 Å². The molecule has 0 aliphatic rings. The van der Waals surface area contributed by atoms with E-state index in [2.05, 4.69) is 15.6 Å². The summed E-state index contributed by atoms with van der Waals surface area (Å²) in [5.41, 5.74) is 8.90. The number of para-hydroxylation sites is 1. The maximum atomic E-state index is 14.8. The molecule has 4 rings (SSSR count). The number of aliphatic hydroxyl groups is 1. The SMILES string of the molecule is Cc1cccc(C)c1Nc1c(-c2c(NCCO)cccc2OCC(N)=O)nc2c(F)cc(F)cn12. The summed E-state index contributed by atoms with van der Waals surface area (Å²) in [6, 6.07) is 11.5. The van der Waals surface area contributed by atoms with Crippen molar-refractivity contribution < 1.29 is 23.4 Å². The second kappa shape index (κ2) is 9.98. The highest BCUT2D eigenvalue weighted by Gasteiger charge is 2.24. The molecule has 8 nitrogen and oxygen atoms in total. The third-order valence-electron chi connectivity index (χ3n) is 5.43. The molecule has 10 heteroatoms. The number of aromatic nitrogens is 2. The van der Waals surface area contributed by atoms with Gasteiger partial charge in [0.1, 0.15) is 23.1 Å². The molecule has 2 aromatic heterocycles. The Hall–Kier alpha value is -4.18. The van der Waals surface area contributed by atoms with Crippen LogP contribution in [0.2, 0.25) is 0 Å². The Morgan fingerprint density at radius 1 is 1.17 bits per heavy atom. The van der Waals surface area contributed by atoms with Crippen molar-refractivity contribution in [3.8, 4) is 17.0 Å². The van der Waals surface area contributed by atoms with Crippen molar-refractivity contribution in [2.24, 2.45) is 5.73 Å². The maximum Gasteiger partial charge on any atom is 0.255 e. The van der Waals surface area contributed by atoms with Gasteiger partial charge in [-0.05, 0) is 37.1 Å². The van der Waals surface area contributed by atoms with Crippen LogP contribution in [0.3, 0.4) is 0 Å². The average Bonchev–Trinajstić information content (AvgIpc) is 3.16. The first-order valence-electron chi connectivity index (χ1n) is 10.9. The van der Waals surface area contributed by atoms with E-state index in [4.69, 9.17) is 10.5 Å². The molecule has 0 spiro atoms. The van der Waals surface area contributed by atoms with Crippen LogP contribution in [0.5, 0.6) is 5.75 Å². The smallest absolute Gasteiger partial charge is 0.255 e. The second-order valence-corrected chi connectivity index (χ2v) is 7.98. The number of pyridine rings is 1. The number of primary amides is 1. The number of ether oxygens (including phenoxy) is 1. The number of amides is 1. The normalized spacial score (nSPS) is 11.0. The standard InChI is InChI=1S/C25H25F2N5O3/c1-14-5-3-6-15(2)22(14)30-25-23(31-24-17(27)11-16(26)12-32(24)25)21-18(29-9-10-33)7-4-8-19(21)35-13-20(28)34/h3-8,11-12,29-30,33H,9-10,13H2,1-2H3,(H2,28,34). The van der Waals surface area contributed by atoms with Gasteiger partial charge in [-0.25, -0.2) is 13.8 Å². The van der Waals surface area contributed by atoms with Gasteiger partial charge in [-0.3, -0.25) is 9.20 Å². The van der Waals surface area contributed by atoms with Gasteiger partial charge in [0.15, 0.2) is 18.1 Å². The molecule has 2 heterocycles. The molecule has 0 bridgehead atoms. The Labute approximate surface area is 200 Å². The van der Waals surface area contributed by atoms with Gasteiger partial charge in [-0.15, -0.1) is 0 Å². The van der Waals surface area contributed by atoms with Gasteiger partial charge in [0.05, 0.1) is 12.2 Å². The Morgan fingerprint density at radius 3 is 2.57 bits per heavy atom. The van der Waals surface area contributed by atoms with Crippen molar-refractivity contribution in [1.29, 1.82) is 0 Å². The summed E-state index contributed by atoms with van der Waals surface area (Å²) >= 11 is 0. The lowest BCUT2D eigenvalue weighted by atomic mass is 10.1.